The first-order valence-corrected chi connectivity index (χ1v) is 5.72. The van der Waals surface area contributed by atoms with Gasteiger partial charge >= 0.3 is 6.03 Å². The van der Waals surface area contributed by atoms with Crippen LogP contribution in [0.25, 0.3) is 0 Å². The second-order valence-corrected chi connectivity index (χ2v) is 3.95. The van der Waals surface area contributed by atoms with E-state index in [1.807, 2.05) is 0 Å². The fourth-order valence-electron chi connectivity index (χ4n) is 1.58. The molecule has 2 aromatic carbocycles. The average molecular weight is 260 g/mol. The molecule has 0 atom stereocenters. The Bertz CT molecular complexity index is 587. The van der Waals surface area contributed by atoms with Crippen molar-refractivity contribution < 1.29 is 14.3 Å². The number of anilines is 1. The molecule has 0 aliphatic heterocycles. The number of carbonyl (C=O) groups is 1. The molecular weight excluding hydrogens is 247 g/mol. The van der Waals surface area contributed by atoms with Crippen molar-refractivity contribution >= 4 is 11.7 Å². The van der Waals surface area contributed by atoms with Crippen LogP contribution in [0.15, 0.2) is 48.5 Å². The van der Waals surface area contributed by atoms with Crippen LogP contribution in [0.2, 0.25) is 0 Å². The smallest absolute Gasteiger partial charge is 0.319 e. The zero-order valence-corrected chi connectivity index (χ0v) is 10.1. The fraction of sp³-hybridized carbons (Fsp3) is 0.0714. The molecule has 0 spiro atoms. The Labute approximate surface area is 109 Å². The van der Waals surface area contributed by atoms with Crippen molar-refractivity contribution in [3.8, 4) is 5.75 Å². The van der Waals surface area contributed by atoms with Crippen molar-refractivity contribution in [2.75, 3.05) is 5.32 Å². The van der Waals surface area contributed by atoms with Crippen LogP contribution in [-0.4, -0.2) is 11.1 Å². The molecular formula is C14H13FN2O2. The van der Waals surface area contributed by atoms with Crippen molar-refractivity contribution in [3.05, 3.63) is 59.9 Å². The first kappa shape index (κ1) is 12.9. The maximum absolute atomic E-state index is 13.3. The molecule has 5 heteroatoms. The minimum Gasteiger partial charge on any atom is -0.508 e. The van der Waals surface area contributed by atoms with E-state index in [2.05, 4.69) is 10.6 Å². The summed E-state index contributed by atoms with van der Waals surface area (Å²) in [4.78, 5) is 11.6. The summed E-state index contributed by atoms with van der Waals surface area (Å²) in [5.74, 6) is -0.299. The zero-order chi connectivity index (χ0) is 13.7. The van der Waals surface area contributed by atoms with Crippen LogP contribution < -0.4 is 10.6 Å². The summed E-state index contributed by atoms with van der Waals surface area (Å²) in [5, 5.41) is 14.3. The van der Waals surface area contributed by atoms with E-state index in [0.29, 0.717) is 11.3 Å². The number of amides is 2. The molecule has 0 bridgehead atoms. The Morgan fingerprint density at radius 3 is 2.68 bits per heavy atom. The third-order valence-electron chi connectivity index (χ3n) is 2.50. The van der Waals surface area contributed by atoms with Crippen LogP contribution in [0, 0.1) is 5.82 Å². The Hall–Kier alpha value is -2.56. The van der Waals surface area contributed by atoms with Gasteiger partial charge in [-0.15, -0.1) is 0 Å². The first-order valence-electron chi connectivity index (χ1n) is 5.72. The van der Waals surface area contributed by atoms with Crippen molar-refractivity contribution in [1.29, 1.82) is 0 Å². The average Bonchev–Trinajstić information content (AvgIpc) is 2.38. The maximum Gasteiger partial charge on any atom is 0.319 e. The monoisotopic (exact) mass is 260 g/mol. The number of rotatable bonds is 3. The highest BCUT2D eigenvalue weighted by Gasteiger charge is 2.04. The summed E-state index contributed by atoms with van der Waals surface area (Å²) >= 11 is 0. The minimum absolute atomic E-state index is 0.0619. The molecule has 2 rings (SSSR count). The standard InChI is InChI=1S/C14H13FN2O2/c15-13-7-2-1-4-10(13)9-16-14(19)17-11-5-3-6-12(18)8-11/h1-8,18H,9H2,(H2,16,17,19). The molecule has 0 radical (unpaired) electrons. The quantitative estimate of drug-likeness (QED) is 0.794. The SMILES string of the molecule is O=C(NCc1ccccc1F)Nc1cccc(O)c1. The summed E-state index contributed by atoms with van der Waals surface area (Å²) in [6.07, 6.45) is 0. The van der Waals surface area contributed by atoms with Crippen molar-refractivity contribution in [2.24, 2.45) is 0 Å². The van der Waals surface area contributed by atoms with Gasteiger partial charge in [0.25, 0.3) is 0 Å². The lowest BCUT2D eigenvalue weighted by Crippen LogP contribution is -2.28. The fourth-order valence-corrected chi connectivity index (χ4v) is 1.58. The van der Waals surface area contributed by atoms with Gasteiger partial charge in [-0.25, -0.2) is 9.18 Å². The van der Waals surface area contributed by atoms with E-state index in [1.165, 1.54) is 18.2 Å². The summed E-state index contributed by atoms with van der Waals surface area (Å²) in [6.45, 7) is 0.0946. The molecule has 3 N–H and O–H groups in total. The number of nitrogens with one attached hydrogen (secondary N) is 2. The molecule has 0 heterocycles. The lowest BCUT2D eigenvalue weighted by Gasteiger charge is -2.08. The summed E-state index contributed by atoms with van der Waals surface area (Å²) in [6, 6.07) is 11.9. The van der Waals surface area contributed by atoms with Crippen molar-refractivity contribution in [1.82, 2.24) is 5.32 Å². The lowest BCUT2D eigenvalue weighted by atomic mass is 10.2. The third kappa shape index (κ3) is 3.70. The predicted octanol–water partition coefficient (Wildman–Crippen LogP) is 2.85. The number of carbonyl (C=O) groups excluding carboxylic acids is 1. The second kappa shape index (κ2) is 5.86. The van der Waals surface area contributed by atoms with Crippen LogP contribution >= 0.6 is 0 Å². The van der Waals surface area contributed by atoms with Gasteiger partial charge in [-0.3, -0.25) is 0 Å². The molecule has 0 aliphatic carbocycles. The number of hydrogen-bond donors (Lipinski definition) is 3. The van der Waals surface area contributed by atoms with Gasteiger partial charge in [-0.05, 0) is 18.2 Å². The van der Waals surface area contributed by atoms with Crippen LogP contribution in [0.5, 0.6) is 5.75 Å². The molecule has 2 amide bonds. The van der Waals surface area contributed by atoms with Gasteiger partial charge in [-0.2, -0.15) is 0 Å². The molecule has 98 valence electrons. The van der Waals surface area contributed by atoms with E-state index < -0.39 is 6.03 Å². The molecule has 2 aromatic rings. The van der Waals surface area contributed by atoms with Crippen LogP contribution in [0.3, 0.4) is 0 Å². The van der Waals surface area contributed by atoms with E-state index in [4.69, 9.17) is 0 Å². The van der Waals surface area contributed by atoms with Gasteiger partial charge in [0.05, 0.1) is 0 Å². The number of phenolic OH excluding ortho intramolecular Hbond substituents is 1. The van der Waals surface area contributed by atoms with E-state index in [1.54, 1.807) is 30.3 Å². The summed E-state index contributed by atoms with van der Waals surface area (Å²) in [7, 11) is 0. The topological polar surface area (TPSA) is 61.4 Å². The van der Waals surface area contributed by atoms with Crippen LogP contribution in [0.4, 0.5) is 14.9 Å². The largest absolute Gasteiger partial charge is 0.508 e. The molecule has 0 saturated carbocycles. The van der Waals surface area contributed by atoms with E-state index >= 15 is 0 Å². The molecule has 0 saturated heterocycles. The Kier molecular flexibility index (Phi) is 3.97. The van der Waals surface area contributed by atoms with Gasteiger partial charge in [-0.1, -0.05) is 24.3 Å². The number of hydrogen-bond acceptors (Lipinski definition) is 2. The molecule has 0 unspecified atom stereocenters. The Morgan fingerprint density at radius 2 is 1.95 bits per heavy atom. The molecule has 0 fully saturated rings. The zero-order valence-electron chi connectivity index (χ0n) is 10.1. The number of halogens is 1. The van der Waals surface area contributed by atoms with E-state index in [9.17, 15) is 14.3 Å². The highest BCUT2D eigenvalue weighted by molar-refractivity contribution is 5.89. The van der Waals surface area contributed by atoms with Crippen molar-refractivity contribution in [2.45, 2.75) is 6.54 Å². The summed E-state index contributed by atoms with van der Waals surface area (Å²) < 4.78 is 13.3. The van der Waals surface area contributed by atoms with Crippen LogP contribution in [0.1, 0.15) is 5.56 Å². The van der Waals surface area contributed by atoms with E-state index in [-0.39, 0.29) is 18.1 Å². The maximum atomic E-state index is 13.3. The minimum atomic E-state index is -0.464. The summed E-state index contributed by atoms with van der Waals surface area (Å²) in [5.41, 5.74) is 0.875. The number of phenols is 1. The second-order valence-electron chi connectivity index (χ2n) is 3.95. The number of benzene rings is 2. The number of urea groups is 1. The van der Waals surface area contributed by atoms with Crippen molar-refractivity contribution in [3.63, 3.8) is 0 Å². The first-order chi connectivity index (χ1) is 9.15. The van der Waals surface area contributed by atoms with Gasteiger partial charge < -0.3 is 15.7 Å². The molecule has 19 heavy (non-hydrogen) atoms. The van der Waals surface area contributed by atoms with Gasteiger partial charge in [0, 0.05) is 23.9 Å². The van der Waals surface area contributed by atoms with Gasteiger partial charge in [0.15, 0.2) is 0 Å². The van der Waals surface area contributed by atoms with E-state index in [0.717, 1.165) is 0 Å². The number of aromatic hydroxyl groups is 1. The Balaban J connectivity index is 1.90. The highest BCUT2D eigenvalue weighted by atomic mass is 19.1. The predicted molar refractivity (Wildman–Crippen MR) is 70.4 cm³/mol. The third-order valence-corrected chi connectivity index (χ3v) is 2.50. The molecule has 4 nitrogen and oxygen atoms in total. The Morgan fingerprint density at radius 1 is 1.16 bits per heavy atom. The van der Waals surface area contributed by atoms with Gasteiger partial charge in [0.1, 0.15) is 11.6 Å². The molecule has 0 aromatic heterocycles. The normalized spacial score (nSPS) is 9.95. The highest BCUT2D eigenvalue weighted by Crippen LogP contribution is 2.15. The lowest BCUT2D eigenvalue weighted by molar-refractivity contribution is 0.251. The molecule has 0 aliphatic rings. The van der Waals surface area contributed by atoms with Crippen LogP contribution in [-0.2, 0) is 6.54 Å². The van der Waals surface area contributed by atoms with Gasteiger partial charge in [0.2, 0.25) is 0 Å².